The van der Waals surface area contributed by atoms with Gasteiger partial charge in [-0.15, -0.1) is 11.3 Å². The first-order valence-corrected chi connectivity index (χ1v) is 14.8. The standard InChI is InChI=1S/C28H32BrNO9S/c1-37-22-10-17-14-30(26(32)4-6-28(35)36)15-18(17)11-23(22)39-8-2-7-38-21-9-16-12-25(20(31)3-5-27(33)34)40-24(16)13-19(21)29/h9-12,19,22-23H,2-8,13-15H2,1H3,(H,33,34)(H,35,36). The van der Waals surface area contributed by atoms with Gasteiger partial charge in [-0.2, -0.15) is 0 Å². The Morgan fingerprint density at radius 3 is 2.35 bits per heavy atom. The molecule has 1 aromatic rings. The second-order valence-electron chi connectivity index (χ2n) is 9.79. The fourth-order valence-corrected chi connectivity index (χ4v) is 6.74. The van der Waals surface area contributed by atoms with E-state index in [0.717, 1.165) is 27.3 Å². The molecule has 2 N–H and O–H groups in total. The number of carboxylic acids is 2. The maximum Gasteiger partial charge on any atom is 0.303 e. The smallest absolute Gasteiger partial charge is 0.303 e. The van der Waals surface area contributed by atoms with Gasteiger partial charge in [0.05, 0.1) is 35.8 Å². The number of aliphatic carboxylic acids is 2. The highest BCUT2D eigenvalue weighted by atomic mass is 79.9. The number of alkyl halides is 1. The molecule has 0 bridgehead atoms. The summed E-state index contributed by atoms with van der Waals surface area (Å²) in [6.45, 7) is 1.75. The van der Waals surface area contributed by atoms with Gasteiger partial charge < -0.3 is 29.3 Å². The van der Waals surface area contributed by atoms with E-state index in [9.17, 15) is 19.2 Å². The summed E-state index contributed by atoms with van der Waals surface area (Å²) in [6, 6.07) is 1.81. The molecule has 12 heteroatoms. The first-order valence-electron chi connectivity index (χ1n) is 13.1. The van der Waals surface area contributed by atoms with Crippen molar-refractivity contribution in [1.82, 2.24) is 4.90 Å². The SMILES string of the molecule is COC1C=C2CN(C(=O)CCC(=O)O)CC2=CC1OCCCOC1=Cc2cc(C(=O)CCC(=O)O)sc2CC1Br. The molecule has 0 saturated carbocycles. The first kappa shape index (κ1) is 30.2. The quantitative estimate of drug-likeness (QED) is 0.177. The Balaban J connectivity index is 1.25. The van der Waals surface area contributed by atoms with Crippen molar-refractivity contribution < 1.29 is 43.6 Å². The molecule has 0 radical (unpaired) electrons. The molecule has 3 atom stereocenters. The topological polar surface area (TPSA) is 140 Å². The van der Waals surface area contributed by atoms with Crippen molar-refractivity contribution in [3.8, 4) is 0 Å². The van der Waals surface area contributed by atoms with E-state index in [1.54, 1.807) is 12.0 Å². The highest BCUT2D eigenvalue weighted by molar-refractivity contribution is 9.09. The number of Topliss-reactive ketones (excluding diaryl/α,β-unsaturated/α-hetero) is 1. The molecule has 1 aliphatic heterocycles. The summed E-state index contributed by atoms with van der Waals surface area (Å²) in [4.78, 5) is 49.5. The third-order valence-corrected chi connectivity index (χ3v) is 8.88. The molecule has 1 fully saturated rings. The monoisotopic (exact) mass is 637 g/mol. The molecule has 1 saturated heterocycles. The van der Waals surface area contributed by atoms with Crippen molar-refractivity contribution >= 4 is 57.0 Å². The molecule has 40 heavy (non-hydrogen) atoms. The molecule has 4 rings (SSSR count). The first-order chi connectivity index (χ1) is 19.1. The number of methoxy groups -OCH3 is 1. The van der Waals surface area contributed by atoms with E-state index in [0.29, 0.717) is 44.0 Å². The van der Waals surface area contributed by atoms with E-state index in [1.807, 2.05) is 24.3 Å². The molecular formula is C28H32BrNO9S. The third-order valence-electron chi connectivity index (χ3n) is 6.89. The molecule has 10 nitrogen and oxygen atoms in total. The van der Waals surface area contributed by atoms with Gasteiger partial charge >= 0.3 is 11.9 Å². The number of hydrogen-bond acceptors (Lipinski definition) is 8. The van der Waals surface area contributed by atoms with Gasteiger partial charge in [-0.1, -0.05) is 15.9 Å². The lowest BCUT2D eigenvalue weighted by Gasteiger charge is -2.26. The number of fused-ring (bicyclic) bond motifs is 2. The van der Waals surface area contributed by atoms with Crippen LogP contribution in [0.1, 0.15) is 52.2 Å². The Kier molecular flexibility index (Phi) is 10.3. The Bertz CT molecular complexity index is 1250. The van der Waals surface area contributed by atoms with Crippen LogP contribution in [0.15, 0.2) is 35.1 Å². The minimum atomic E-state index is -0.987. The minimum Gasteiger partial charge on any atom is -0.497 e. The number of nitrogens with zero attached hydrogens (tertiary/aromatic N) is 1. The predicted molar refractivity (Wildman–Crippen MR) is 151 cm³/mol. The zero-order valence-corrected chi connectivity index (χ0v) is 24.5. The second-order valence-corrected chi connectivity index (χ2v) is 12.0. The van der Waals surface area contributed by atoms with Crippen LogP contribution in [0.5, 0.6) is 0 Å². The molecule has 0 spiro atoms. The number of thiophene rings is 1. The summed E-state index contributed by atoms with van der Waals surface area (Å²) in [6.07, 6.45) is 6.22. The molecule has 1 aromatic heterocycles. The third kappa shape index (κ3) is 7.68. The van der Waals surface area contributed by atoms with Gasteiger partial charge in [0.25, 0.3) is 0 Å². The molecule has 1 amide bonds. The van der Waals surface area contributed by atoms with Crippen LogP contribution in [0.3, 0.4) is 0 Å². The molecule has 3 unspecified atom stereocenters. The lowest BCUT2D eigenvalue weighted by atomic mass is 9.96. The van der Waals surface area contributed by atoms with E-state index in [1.165, 1.54) is 11.3 Å². The van der Waals surface area contributed by atoms with Crippen molar-refractivity contribution in [3.63, 3.8) is 0 Å². The van der Waals surface area contributed by atoms with Crippen molar-refractivity contribution in [2.75, 3.05) is 33.4 Å². The van der Waals surface area contributed by atoms with Gasteiger partial charge in [0.2, 0.25) is 5.91 Å². The van der Waals surface area contributed by atoms with Crippen LogP contribution in [0.25, 0.3) is 6.08 Å². The summed E-state index contributed by atoms with van der Waals surface area (Å²) in [5.41, 5.74) is 2.93. The number of carbonyl (C=O) groups excluding carboxylic acids is 2. The van der Waals surface area contributed by atoms with Crippen molar-refractivity contribution in [2.24, 2.45) is 0 Å². The molecule has 216 valence electrons. The number of amides is 1. The van der Waals surface area contributed by atoms with Gasteiger partial charge in [0.15, 0.2) is 5.78 Å². The predicted octanol–water partition coefficient (Wildman–Crippen LogP) is 3.84. The van der Waals surface area contributed by atoms with Gasteiger partial charge in [-0.3, -0.25) is 19.2 Å². The van der Waals surface area contributed by atoms with Gasteiger partial charge in [-0.05, 0) is 41.0 Å². The maximum absolute atomic E-state index is 12.4. The van der Waals surface area contributed by atoms with Crippen LogP contribution in [-0.4, -0.2) is 89.2 Å². The fraction of sp³-hybridized carbons (Fsp3) is 0.500. The van der Waals surface area contributed by atoms with Crippen molar-refractivity contribution in [2.45, 2.75) is 55.6 Å². The summed E-state index contributed by atoms with van der Waals surface area (Å²) in [5.74, 6) is -1.54. The van der Waals surface area contributed by atoms with E-state index in [-0.39, 0.29) is 54.4 Å². The van der Waals surface area contributed by atoms with Gasteiger partial charge in [-0.25, -0.2) is 0 Å². The molecule has 2 heterocycles. The number of allylic oxidation sites excluding steroid dienone is 1. The number of carboxylic acid groups (broad SMARTS) is 2. The summed E-state index contributed by atoms with van der Waals surface area (Å²) >= 11 is 5.06. The number of ketones is 1. The van der Waals surface area contributed by atoms with Crippen LogP contribution in [0.4, 0.5) is 0 Å². The number of hydrogen-bond donors (Lipinski definition) is 2. The maximum atomic E-state index is 12.4. The Hall–Kier alpha value is -2.80. The molecule has 2 aliphatic carbocycles. The van der Waals surface area contributed by atoms with E-state index in [4.69, 9.17) is 24.4 Å². The van der Waals surface area contributed by atoms with E-state index in [2.05, 4.69) is 15.9 Å². The number of halogens is 1. The Morgan fingerprint density at radius 2 is 1.68 bits per heavy atom. The van der Waals surface area contributed by atoms with Crippen LogP contribution < -0.4 is 0 Å². The van der Waals surface area contributed by atoms with Crippen LogP contribution in [0, 0.1) is 0 Å². The lowest BCUT2D eigenvalue weighted by Crippen LogP contribution is -2.31. The van der Waals surface area contributed by atoms with Crippen molar-refractivity contribution in [3.05, 3.63) is 50.4 Å². The number of ether oxygens (including phenoxy) is 3. The highest BCUT2D eigenvalue weighted by Gasteiger charge is 2.33. The fourth-order valence-electron chi connectivity index (χ4n) is 4.78. The van der Waals surface area contributed by atoms with Gasteiger partial charge in [0.1, 0.15) is 18.0 Å². The van der Waals surface area contributed by atoms with Gasteiger partial charge in [0, 0.05) is 50.8 Å². The average Bonchev–Trinajstić information content (AvgIpc) is 3.53. The largest absolute Gasteiger partial charge is 0.497 e. The van der Waals surface area contributed by atoms with E-state index < -0.39 is 11.9 Å². The highest BCUT2D eigenvalue weighted by Crippen LogP contribution is 2.35. The minimum absolute atomic E-state index is 0.0125. The Labute approximate surface area is 244 Å². The van der Waals surface area contributed by atoms with Crippen LogP contribution >= 0.6 is 27.3 Å². The summed E-state index contributed by atoms with van der Waals surface area (Å²) in [7, 11) is 1.61. The number of likely N-dealkylation sites (tertiary alicyclic amines) is 1. The van der Waals surface area contributed by atoms with Crippen molar-refractivity contribution in [1.29, 1.82) is 0 Å². The summed E-state index contributed by atoms with van der Waals surface area (Å²) < 4.78 is 17.7. The summed E-state index contributed by atoms with van der Waals surface area (Å²) in [5, 5.41) is 17.7. The molecule has 0 aromatic carbocycles. The molecule has 3 aliphatic rings. The normalized spacial score (nSPS) is 21.6. The number of carbonyl (C=O) groups is 4. The number of rotatable bonds is 14. The second kappa shape index (κ2) is 13.7. The molecular weight excluding hydrogens is 606 g/mol. The zero-order valence-electron chi connectivity index (χ0n) is 22.1. The Morgan fingerprint density at radius 1 is 1.00 bits per heavy atom. The average molecular weight is 639 g/mol. The lowest BCUT2D eigenvalue weighted by molar-refractivity contribution is -0.140. The zero-order chi connectivity index (χ0) is 28.8. The van der Waals surface area contributed by atoms with Crippen LogP contribution in [-0.2, 0) is 35.0 Å². The van der Waals surface area contributed by atoms with E-state index >= 15 is 0 Å². The van der Waals surface area contributed by atoms with Crippen LogP contribution in [0.2, 0.25) is 0 Å².